The molecule has 0 spiro atoms. The molecule has 0 amide bonds. The first-order chi connectivity index (χ1) is 8.61. The van der Waals surface area contributed by atoms with Gasteiger partial charge in [0.2, 0.25) is 0 Å². The maximum absolute atomic E-state index is 13.3. The Morgan fingerprint density at radius 1 is 1.28 bits per heavy atom. The fourth-order valence-electron chi connectivity index (χ4n) is 2.77. The van der Waals surface area contributed by atoms with Gasteiger partial charge in [0.25, 0.3) is 0 Å². The van der Waals surface area contributed by atoms with Crippen LogP contribution in [-0.2, 0) is 6.54 Å². The summed E-state index contributed by atoms with van der Waals surface area (Å²) in [4.78, 5) is 0. The van der Waals surface area contributed by atoms with Crippen LogP contribution in [0.1, 0.15) is 44.6 Å². The molecule has 0 bridgehead atoms. The number of halogens is 2. The van der Waals surface area contributed by atoms with E-state index in [0.717, 1.165) is 12.1 Å². The van der Waals surface area contributed by atoms with Crippen LogP contribution in [0.15, 0.2) is 18.2 Å². The minimum Gasteiger partial charge on any atom is -0.312 e. The van der Waals surface area contributed by atoms with Gasteiger partial charge in [-0.2, -0.15) is 0 Å². The molecular weight excluding hydrogens is 249 g/mol. The van der Waals surface area contributed by atoms with E-state index in [0.29, 0.717) is 12.0 Å². The van der Waals surface area contributed by atoms with E-state index in [1.807, 2.05) is 6.07 Å². The second-order valence-corrected chi connectivity index (χ2v) is 6.07. The second kappa shape index (κ2) is 6.03. The zero-order chi connectivity index (χ0) is 13.0. The first-order valence-corrected chi connectivity index (χ1v) is 7.12. The Morgan fingerprint density at radius 3 is 2.72 bits per heavy atom. The summed E-state index contributed by atoms with van der Waals surface area (Å²) in [5.74, 6) is -0.333. The Balaban J connectivity index is 1.86. The predicted octanol–water partition coefficient (Wildman–Crippen LogP) is 4.54. The second-order valence-electron chi connectivity index (χ2n) is 5.69. The first kappa shape index (κ1) is 13.8. The van der Waals surface area contributed by atoms with Crippen molar-refractivity contribution in [3.8, 4) is 0 Å². The van der Waals surface area contributed by atoms with E-state index < -0.39 is 0 Å². The van der Waals surface area contributed by atoms with Gasteiger partial charge in [0.15, 0.2) is 0 Å². The van der Waals surface area contributed by atoms with E-state index in [1.165, 1.54) is 38.2 Å². The highest BCUT2D eigenvalue weighted by atomic mass is 35.5. The lowest BCUT2D eigenvalue weighted by molar-refractivity contribution is 0.207. The van der Waals surface area contributed by atoms with Crippen LogP contribution in [0.5, 0.6) is 0 Å². The van der Waals surface area contributed by atoms with Gasteiger partial charge in [0.05, 0.1) is 5.02 Å². The Hall–Kier alpha value is -0.600. The highest BCUT2D eigenvalue weighted by Crippen LogP contribution is 2.35. The topological polar surface area (TPSA) is 12.0 Å². The van der Waals surface area contributed by atoms with E-state index in [4.69, 9.17) is 11.6 Å². The van der Waals surface area contributed by atoms with Gasteiger partial charge in [0, 0.05) is 13.1 Å². The quantitative estimate of drug-likeness (QED) is 0.846. The third-order valence-electron chi connectivity index (χ3n) is 3.96. The normalized spacial score (nSPS) is 18.8. The molecular formula is C15H21ClFN. The van der Waals surface area contributed by atoms with Crippen molar-refractivity contribution in [2.45, 2.75) is 45.6 Å². The van der Waals surface area contributed by atoms with Crippen molar-refractivity contribution in [1.29, 1.82) is 0 Å². The van der Waals surface area contributed by atoms with E-state index in [1.54, 1.807) is 6.07 Å². The summed E-state index contributed by atoms with van der Waals surface area (Å²) >= 11 is 5.93. The summed E-state index contributed by atoms with van der Waals surface area (Å²) in [5.41, 5.74) is 1.24. The minimum absolute atomic E-state index is 0.249. The molecule has 1 nitrogen and oxygen atoms in total. The molecule has 1 fully saturated rings. The van der Waals surface area contributed by atoms with Gasteiger partial charge in [-0.05, 0) is 29.9 Å². The van der Waals surface area contributed by atoms with Crippen molar-refractivity contribution in [2.75, 3.05) is 6.54 Å². The molecule has 0 saturated heterocycles. The zero-order valence-corrected chi connectivity index (χ0v) is 11.7. The Morgan fingerprint density at radius 2 is 2.00 bits per heavy atom. The van der Waals surface area contributed by atoms with Crippen LogP contribution in [0.25, 0.3) is 0 Å². The van der Waals surface area contributed by atoms with Crippen LogP contribution >= 0.6 is 11.6 Å². The van der Waals surface area contributed by atoms with Crippen LogP contribution in [-0.4, -0.2) is 6.54 Å². The van der Waals surface area contributed by atoms with Gasteiger partial charge < -0.3 is 5.32 Å². The molecule has 1 aliphatic rings. The molecule has 100 valence electrons. The molecule has 0 aliphatic heterocycles. The van der Waals surface area contributed by atoms with Crippen molar-refractivity contribution in [1.82, 2.24) is 5.32 Å². The van der Waals surface area contributed by atoms with Gasteiger partial charge in [-0.25, -0.2) is 4.39 Å². The Bertz CT molecular complexity index is 399. The molecule has 1 aromatic carbocycles. The molecule has 0 aromatic heterocycles. The molecule has 1 aliphatic carbocycles. The van der Waals surface area contributed by atoms with Gasteiger partial charge in [-0.1, -0.05) is 49.9 Å². The summed E-state index contributed by atoms with van der Waals surface area (Å²) in [6, 6.07) is 4.98. The molecule has 1 aromatic rings. The van der Waals surface area contributed by atoms with Gasteiger partial charge in [-0.3, -0.25) is 0 Å². The average molecular weight is 270 g/mol. The number of hydrogen-bond acceptors (Lipinski definition) is 1. The minimum atomic E-state index is -0.333. The van der Waals surface area contributed by atoms with Crippen molar-refractivity contribution in [3.05, 3.63) is 34.6 Å². The third kappa shape index (κ3) is 3.46. The summed E-state index contributed by atoms with van der Waals surface area (Å²) in [6.45, 7) is 3.97. The maximum atomic E-state index is 13.3. The number of rotatable bonds is 4. The highest BCUT2D eigenvalue weighted by molar-refractivity contribution is 6.31. The standard InChI is InChI=1S/C15H21ClFN/c1-15(8-3-2-4-9-15)11-18-10-12-6-5-7-13(17)14(12)16/h5-7,18H,2-4,8-11H2,1H3. The summed E-state index contributed by atoms with van der Waals surface area (Å²) in [6.07, 6.45) is 6.61. The Kier molecular flexibility index (Phi) is 4.63. The van der Waals surface area contributed by atoms with Gasteiger partial charge in [0.1, 0.15) is 5.82 Å². The van der Waals surface area contributed by atoms with Crippen LogP contribution in [0, 0.1) is 11.2 Å². The number of benzene rings is 1. The lowest BCUT2D eigenvalue weighted by atomic mass is 9.76. The van der Waals surface area contributed by atoms with Gasteiger partial charge >= 0.3 is 0 Å². The molecule has 0 radical (unpaired) electrons. The van der Waals surface area contributed by atoms with Crippen molar-refractivity contribution >= 4 is 11.6 Å². The Labute approximate surface area is 114 Å². The molecule has 2 rings (SSSR count). The van der Waals surface area contributed by atoms with E-state index >= 15 is 0 Å². The van der Waals surface area contributed by atoms with E-state index in [-0.39, 0.29) is 10.8 Å². The molecule has 3 heteroatoms. The first-order valence-electron chi connectivity index (χ1n) is 6.74. The van der Waals surface area contributed by atoms with E-state index in [2.05, 4.69) is 12.2 Å². The highest BCUT2D eigenvalue weighted by Gasteiger charge is 2.26. The average Bonchev–Trinajstić information content (AvgIpc) is 2.35. The maximum Gasteiger partial charge on any atom is 0.142 e. The van der Waals surface area contributed by atoms with Crippen molar-refractivity contribution in [2.24, 2.45) is 5.41 Å². The number of hydrogen-bond donors (Lipinski definition) is 1. The largest absolute Gasteiger partial charge is 0.312 e. The van der Waals surface area contributed by atoms with Crippen LogP contribution in [0.2, 0.25) is 5.02 Å². The molecule has 1 saturated carbocycles. The molecule has 0 unspecified atom stereocenters. The third-order valence-corrected chi connectivity index (χ3v) is 4.38. The molecule has 0 heterocycles. The lowest BCUT2D eigenvalue weighted by Crippen LogP contribution is -2.33. The van der Waals surface area contributed by atoms with Crippen LogP contribution in [0.3, 0.4) is 0 Å². The molecule has 18 heavy (non-hydrogen) atoms. The molecule has 1 N–H and O–H groups in total. The summed E-state index contributed by atoms with van der Waals surface area (Å²) < 4.78 is 13.3. The molecule has 0 atom stereocenters. The summed E-state index contributed by atoms with van der Waals surface area (Å²) in [5, 5.41) is 3.68. The van der Waals surface area contributed by atoms with Crippen LogP contribution in [0.4, 0.5) is 4.39 Å². The summed E-state index contributed by atoms with van der Waals surface area (Å²) in [7, 11) is 0. The van der Waals surface area contributed by atoms with Crippen molar-refractivity contribution in [3.63, 3.8) is 0 Å². The van der Waals surface area contributed by atoms with Crippen molar-refractivity contribution < 1.29 is 4.39 Å². The number of nitrogens with one attached hydrogen (secondary N) is 1. The zero-order valence-electron chi connectivity index (χ0n) is 10.9. The lowest BCUT2D eigenvalue weighted by Gasteiger charge is -2.33. The van der Waals surface area contributed by atoms with Crippen LogP contribution < -0.4 is 5.32 Å². The predicted molar refractivity (Wildman–Crippen MR) is 74.3 cm³/mol. The van der Waals surface area contributed by atoms with E-state index in [9.17, 15) is 4.39 Å². The fraction of sp³-hybridized carbons (Fsp3) is 0.600. The smallest absolute Gasteiger partial charge is 0.142 e. The fourth-order valence-corrected chi connectivity index (χ4v) is 2.96. The SMILES string of the molecule is CC1(CNCc2cccc(F)c2Cl)CCCCC1. The monoisotopic (exact) mass is 269 g/mol. The van der Waals surface area contributed by atoms with Gasteiger partial charge in [-0.15, -0.1) is 0 Å².